The second-order valence-electron chi connectivity index (χ2n) is 8.65. The van der Waals surface area contributed by atoms with Crippen molar-refractivity contribution in [3.05, 3.63) is 70.8 Å². The van der Waals surface area contributed by atoms with E-state index in [0.29, 0.717) is 13.2 Å². The Bertz CT molecular complexity index is 918. The Hall–Kier alpha value is -2.79. The lowest BCUT2D eigenvalue weighted by molar-refractivity contribution is -0.00682. The van der Waals surface area contributed by atoms with Crippen LogP contribution < -0.4 is 9.47 Å². The van der Waals surface area contributed by atoms with Crippen molar-refractivity contribution >= 4 is 5.71 Å². The van der Waals surface area contributed by atoms with E-state index in [2.05, 4.69) is 55.4 Å². The second kappa shape index (κ2) is 12.4. The maximum absolute atomic E-state index is 6.42. The van der Waals surface area contributed by atoms with Crippen molar-refractivity contribution in [3.63, 3.8) is 0 Å². The van der Waals surface area contributed by atoms with Gasteiger partial charge in [0.05, 0.1) is 24.5 Å². The Morgan fingerprint density at radius 3 is 2.24 bits per heavy atom. The number of hydrogen-bond donors (Lipinski definition) is 0. The van der Waals surface area contributed by atoms with Crippen LogP contribution >= 0.6 is 0 Å². The fourth-order valence-corrected chi connectivity index (χ4v) is 4.15. The molecule has 0 amide bonds. The van der Waals surface area contributed by atoms with Gasteiger partial charge >= 0.3 is 0 Å². The first-order valence-electron chi connectivity index (χ1n) is 11.8. The van der Waals surface area contributed by atoms with Crippen LogP contribution in [-0.2, 0) is 16.2 Å². The summed E-state index contributed by atoms with van der Waals surface area (Å²) in [7, 11) is 1.56. The molecular formula is C28H37NO4. The molecule has 0 spiro atoms. The fourth-order valence-electron chi connectivity index (χ4n) is 4.15. The van der Waals surface area contributed by atoms with Gasteiger partial charge < -0.3 is 19.0 Å². The van der Waals surface area contributed by atoms with Crippen molar-refractivity contribution < 1.29 is 19.0 Å². The summed E-state index contributed by atoms with van der Waals surface area (Å²) in [5.74, 6) is 1.88. The Balaban J connectivity index is 1.46. The number of allylic oxidation sites excluding steroid dienone is 1. The van der Waals surface area contributed by atoms with E-state index >= 15 is 0 Å². The molecule has 0 atom stereocenters. The van der Waals surface area contributed by atoms with E-state index in [1.807, 2.05) is 26.0 Å². The van der Waals surface area contributed by atoms with Gasteiger partial charge in [0, 0.05) is 0 Å². The van der Waals surface area contributed by atoms with Crippen LogP contribution in [0.5, 0.6) is 11.5 Å². The molecule has 178 valence electrons. The minimum Gasteiger partial charge on any atom is -0.490 e. The lowest BCUT2D eigenvalue weighted by Crippen LogP contribution is -2.28. The summed E-state index contributed by atoms with van der Waals surface area (Å²) in [6.07, 6.45) is 8.57. The van der Waals surface area contributed by atoms with Gasteiger partial charge in [0.2, 0.25) is 0 Å². The molecule has 5 heteroatoms. The molecule has 0 radical (unpaired) electrons. The summed E-state index contributed by atoms with van der Waals surface area (Å²) < 4.78 is 18.4. The van der Waals surface area contributed by atoms with E-state index in [0.717, 1.165) is 59.6 Å². The molecule has 1 aliphatic rings. The molecule has 0 aliphatic heterocycles. The van der Waals surface area contributed by atoms with Crippen LogP contribution in [0, 0.1) is 13.8 Å². The van der Waals surface area contributed by atoms with Crippen LogP contribution in [0.1, 0.15) is 61.8 Å². The van der Waals surface area contributed by atoms with Crippen molar-refractivity contribution in [2.24, 2.45) is 5.16 Å². The molecule has 0 heterocycles. The first-order valence-corrected chi connectivity index (χ1v) is 11.8. The molecular weight excluding hydrogens is 414 g/mol. The molecule has 0 unspecified atom stereocenters. The zero-order valence-electron chi connectivity index (χ0n) is 20.6. The molecule has 1 aliphatic carbocycles. The van der Waals surface area contributed by atoms with Crippen LogP contribution in [0.2, 0.25) is 0 Å². The fraction of sp³-hybridized carbons (Fsp3) is 0.464. The Morgan fingerprint density at radius 1 is 1.00 bits per heavy atom. The number of hydrogen-bond acceptors (Lipinski definition) is 5. The first-order chi connectivity index (χ1) is 16.0. The summed E-state index contributed by atoms with van der Waals surface area (Å²) in [4.78, 5) is 4.84. The third kappa shape index (κ3) is 7.36. The molecule has 1 fully saturated rings. The number of rotatable bonds is 10. The molecule has 33 heavy (non-hydrogen) atoms. The van der Waals surface area contributed by atoms with E-state index < -0.39 is 0 Å². The number of aryl methyl sites for hydroxylation is 2. The van der Waals surface area contributed by atoms with Gasteiger partial charge in [-0.05, 0) is 87.8 Å². The van der Waals surface area contributed by atoms with Crippen molar-refractivity contribution in [2.75, 3.05) is 13.7 Å². The third-order valence-corrected chi connectivity index (χ3v) is 6.01. The van der Waals surface area contributed by atoms with Crippen molar-refractivity contribution in [3.8, 4) is 11.5 Å². The van der Waals surface area contributed by atoms with Crippen molar-refractivity contribution in [1.29, 1.82) is 0 Å². The molecule has 0 aromatic heterocycles. The molecule has 3 rings (SSSR count). The van der Waals surface area contributed by atoms with Crippen LogP contribution in [0.25, 0.3) is 0 Å². The number of nitrogens with zero attached hydrogens (tertiary/aromatic N) is 1. The minimum absolute atomic E-state index is 0.236. The average molecular weight is 452 g/mol. The molecule has 1 saturated carbocycles. The molecule has 2 aromatic carbocycles. The first kappa shape index (κ1) is 24.8. The second-order valence-corrected chi connectivity index (χ2v) is 8.65. The number of ether oxygens (including phenoxy) is 3. The minimum atomic E-state index is 0.236. The summed E-state index contributed by atoms with van der Waals surface area (Å²) >= 11 is 0. The highest BCUT2D eigenvalue weighted by atomic mass is 16.6. The van der Waals surface area contributed by atoms with Gasteiger partial charge in [-0.1, -0.05) is 41.6 Å². The highest BCUT2D eigenvalue weighted by Gasteiger charge is 2.24. The summed E-state index contributed by atoms with van der Waals surface area (Å²) in [6, 6.07) is 12.4. The van der Waals surface area contributed by atoms with Crippen LogP contribution in [0.15, 0.2) is 53.7 Å². The third-order valence-electron chi connectivity index (χ3n) is 6.01. The topological polar surface area (TPSA) is 49.3 Å². The Labute approximate surface area is 198 Å². The van der Waals surface area contributed by atoms with Gasteiger partial charge in [0.1, 0.15) is 25.2 Å². The van der Waals surface area contributed by atoms with E-state index in [9.17, 15) is 0 Å². The van der Waals surface area contributed by atoms with Crippen LogP contribution in [-0.4, -0.2) is 31.6 Å². The zero-order chi connectivity index (χ0) is 23.6. The molecule has 0 saturated heterocycles. The monoisotopic (exact) mass is 451 g/mol. The van der Waals surface area contributed by atoms with Gasteiger partial charge in [-0.2, -0.15) is 0 Å². The maximum atomic E-state index is 6.42. The molecule has 0 bridgehead atoms. The van der Waals surface area contributed by atoms with Gasteiger partial charge in [0.25, 0.3) is 0 Å². The molecule has 5 nitrogen and oxygen atoms in total. The number of benzene rings is 2. The SMILES string of the molecule is C/C=C/COc1cc(C)c(OC2CCC(OCc3ccc(C(C)=NOC)cc3)CC2)c(C)c1. The zero-order valence-corrected chi connectivity index (χ0v) is 20.6. The molecule has 0 N–H and O–H groups in total. The normalized spacial score (nSPS) is 19.0. The quantitative estimate of drug-likeness (QED) is 0.234. The lowest BCUT2D eigenvalue weighted by atomic mass is 9.94. The van der Waals surface area contributed by atoms with Gasteiger partial charge in [-0.25, -0.2) is 0 Å². The smallest absolute Gasteiger partial charge is 0.125 e. The van der Waals surface area contributed by atoms with E-state index in [4.69, 9.17) is 19.0 Å². The van der Waals surface area contributed by atoms with Crippen molar-refractivity contribution in [2.45, 2.75) is 72.2 Å². The Kier molecular flexibility index (Phi) is 9.37. The van der Waals surface area contributed by atoms with E-state index in [-0.39, 0.29) is 12.2 Å². The van der Waals surface area contributed by atoms with Crippen LogP contribution in [0.4, 0.5) is 0 Å². The van der Waals surface area contributed by atoms with Gasteiger partial charge in [0.15, 0.2) is 0 Å². The van der Waals surface area contributed by atoms with E-state index in [1.54, 1.807) is 7.11 Å². The Morgan fingerprint density at radius 2 is 1.64 bits per heavy atom. The highest BCUT2D eigenvalue weighted by Crippen LogP contribution is 2.32. The summed E-state index contributed by atoms with van der Waals surface area (Å²) in [6.45, 7) is 9.33. The van der Waals surface area contributed by atoms with Gasteiger partial charge in [-0.15, -0.1) is 0 Å². The average Bonchev–Trinajstić information content (AvgIpc) is 2.81. The predicted octanol–water partition coefficient (Wildman–Crippen LogP) is 6.54. The summed E-state index contributed by atoms with van der Waals surface area (Å²) in [5, 5.41) is 3.98. The van der Waals surface area contributed by atoms with E-state index in [1.165, 1.54) is 5.56 Å². The summed E-state index contributed by atoms with van der Waals surface area (Å²) in [5.41, 5.74) is 5.34. The largest absolute Gasteiger partial charge is 0.490 e. The van der Waals surface area contributed by atoms with Gasteiger partial charge in [-0.3, -0.25) is 0 Å². The lowest BCUT2D eigenvalue weighted by Gasteiger charge is -2.30. The molecule has 2 aromatic rings. The van der Waals surface area contributed by atoms with Crippen LogP contribution in [0.3, 0.4) is 0 Å². The highest BCUT2D eigenvalue weighted by molar-refractivity contribution is 5.98. The standard InChI is InChI=1S/C28H37NO4/c1-6-7-16-31-27-17-20(2)28(21(3)18-27)33-26-14-12-25(13-15-26)32-19-23-8-10-24(11-9-23)22(4)29-30-5/h6-11,17-18,25-26H,12-16,19H2,1-5H3/b7-6+,29-22?. The predicted molar refractivity (Wildman–Crippen MR) is 133 cm³/mol. The number of oxime groups is 1. The maximum Gasteiger partial charge on any atom is 0.125 e. The van der Waals surface area contributed by atoms with Crippen molar-refractivity contribution in [1.82, 2.24) is 0 Å².